The van der Waals surface area contributed by atoms with Crippen molar-refractivity contribution >= 4 is 11.3 Å². The Morgan fingerprint density at radius 1 is 1.27 bits per heavy atom. The zero-order valence-corrected chi connectivity index (χ0v) is 9.29. The minimum absolute atomic E-state index is 0.741. The average Bonchev–Trinajstić information content (AvgIpc) is 2.66. The van der Waals surface area contributed by atoms with E-state index in [1.165, 1.54) is 4.88 Å². The van der Waals surface area contributed by atoms with Crippen molar-refractivity contribution in [3.8, 4) is 0 Å². The third kappa shape index (κ3) is 2.81. The molecule has 15 heavy (non-hydrogen) atoms. The molecule has 2 aromatic heterocycles. The molecule has 1 N–H and O–H groups in total. The van der Waals surface area contributed by atoms with E-state index in [1.54, 1.807) is 29.9 Å². The summed E-state index contributed by atoms with van der Waals surface area (Å²) in [7, 11) is 0. The van der Waals surface area contributed by atoms with E-state index in [2.05, 4.69) is 20.3 Å². The number of nitrogens with zero attached hydrogens (tertiary/aromatic N) is 3. The molecule has 0 aliphatic heterocycles. The highest BCUT2D eigenvalue weighted by Crippen LogP contribution is 2.11. The van der Waals surface area contributed by atoms with Crippen LogP contribution in [-0.4, -0.2) is 15.0 Å². The first-order valence-electron chi connectivity index (χ1n) is 4.71. The van der Waals surface area contributed by atoms with Gasteiger partial charge in [-0.1, -0.05) is 0 Å². The zero-order valence-electron chi connectivity index (χ0n) is 8.47. The summed E-state index contributed by atoms with van der Waals surface area (Å²) in [4.78, 5) is 13.7. The Morgan fingerprint density at radius 2 is 2.20 bits per heavy atom. The molecule has 0 spiro atoms. The first-order chi connectivity index (χ1) is 7.36. The lowest BCUT2D eigenvalue weighted by molar-refractivity contribution is 0.680. The van der Waals surface area contributed by atoms with E-state index in [9.17, 15) is 0 Å². The first-order valence-corrected chi connectivity index (χ1v) is 5.59. The second-order valence-corrected chi connectivity index (χ2v) is 4.10. The van der Waals surface area contributed by atoms with E-state index < -0.39 is 0 Å². The van der Waals surface area contributed by atoms with E-state index in [0.29, 0.717) is 0 Å². The predicted octanol–water partition coefficient (Wildman–Crippen LogP) is 1.53. The van der Waals surface area contributed by atoms with Crippen molar-refractivity contribution in [1.82, 2.24) is 20.3 Å². The Hall–Kier alpha value is -1.33. The van der Waals surface area contributed by atoms with Gasteiger partial charge in [0.15, 0.2) is 0 Å². The molecule has 0 amide bonds. The highest BCUT2D eigenvalue weighted by molar-refractivity contribution is 7.09. The number of hydrogen-bond donors (Lipinski definition) is 1. The number of thiazole rings is 1. The van der Waals surface area contributed by atoms with Crippen LogP contribution in [0.25, 0.3) is 0 Å². The lowest BCUT2D eigenvalue weighted by atomic mass is 10.4. The third-order valence-corrected chi connectivity index (χ3v) is 2.99. The monoisotopic (exact) mass is 220 g/mol. The topological polar surface area (TPSA) is 50.7 Å². The van der Waals surface area contributed by atoms with Crippen molar-refractivity contribution in [2.24, 2.45) is 0 Å². The molecule has 2 aromatic rings. The van der Waals surface area contributed by atoms with Gasteiger partial charge in [0.2, 0.25) is 0 Å². The predicted molar refractivity (Wildman–Crippen MR) is 59.4 cm³/mol. The summed E-state index contributed by atoms with van der Waals surface area (Å²) in [6, 6.07) is 0. The highest BCUT2D eigenvalue weighted by atomic mass is 32.1. The van der Waals surface area contributed by atoms with Crippen LogP contribution in [0.15, 0.2) is 24.1 Å². The van der Waals surface area contributed by atoms with Gasteiger partial charge in [-0.05, 0) is 6.92 Å². The van der Waals surface area contributed by atoms with Crippen molar-refractivity contribution < 1.29 is 0 Å². The van der Waals surface area contributed by atoms with Gasteiger partial charge in [0.05, 0.1) is 16.9 Å². The van der Waals surface area contributed by atoms with Gasteiger partial charge in [-0.25, -0.2) is 4.98 Å². The van der Waals surface area contributed by atoms with Gasteiger partial charge in [-0.3, -0.25) is 9.97 Å². The number of nitrogens with one attached hydrogen (secondary N) is 1. The molecule has 0 radical (unpaired) electrons. The van der Waals surface area contributed by atoms with E-state index in [-0.39, 0.29) is 0 Å². The number of aromatic nitrogens is 3. The maximum absolute atomic E-state index is 4.19. The van der Waals surface area contributed by atoms with Crippen LogP contribution >= 0.6 is 11.3 Å². The molecule has 78 valence electrons. The summed E-state index contributed by atoms with van der Waals surface area (Å²) < 4.78 is 0. The summed E-state index contributed by atoms with van der Waals surface area (Å²) in [5.41, 5.74) is 3.93. The summed E-state index contributed by atoms with van der Waals surface area (Å²) in [5.74, 6) is 0. The molecule has 0 unspecified atom stereocenters. The molecule has 0 atom stereocenters. The van der Waals surface area contributed by atoms with Crippen molar-refractivity contribution in [1.29, 1.82) is 0 Å². The van der Waals surface area contributed by atoms with Crippen LogP contribution in [0.2, 0.25) is 0 Å². The van der Waals surface area contributed by atoms with Crippen LogP contribution in [0.3, 0.4) is 0 Å². The van der Waals surface area contributed by atoms with Gasteiger partial charge in [0.1, 0.15) is 0 Å². The molecule has 0 fully saturated rings. The second-order valence-electron chi connectivity index (χ2n) is 3.16. The zero-order chi connectivity index (χ0) is 10.5. The van der Waals surface area contributed by atoms with Crippen LogP contribution in [0.5, 0.6) is 0 Å². The van der Waals surface area contributed by atoms with Gasteiger partial charge >= 0.3 is 0 Å². The normalized spacial score (nSPS) is 10.5. The third-order valence-electron chi connectivity index (χ3n) is 2.05. The van der Waals surface area contributed by atoms with Crippen LogP contribution in [0, 0.1) is 6.92 Å². The summed E-state index contributed by atoms with van der Waals surface area (Å²) >= 11 is 1.68. The van der Waals surface area contributed by atoms with E-state index in [4.69, 9.17) is 0 Å². The summed E-state index contributed by atoms with van der Waals surface area (Å²) in [6.45, 7) is 3.61. The van der Waals surface area contributed by atoms with Crippen molar-refractivity contribution in [2.75, 3.05) is 0 Å². The lowest BCUT2D eigenvalue weighted by Gasteiger charge is -2.02. The average molecular weight is 220 g/mol. The van der Waals surface area contributed by atoms with Crippen LogP contribution in [-0.2, 0) is 13.1 Å². The maximum Gasteiger partial charge on any atom is 0.0798 e. The Kier molecular flexibility index (Phi) is 3.37. The number of aryl methyl sites for hydroxylation is 1. The van der Waals surface area contributed by atoms with Crippen LogP contribution in [0.4, 0.5) is 0 Å². The molecule has 0 aliphatic carbocycles. The fraction of sp³-hybridized carbons (Fsp3) is 0.300. The standard InChI is InChI=1S/C10H12N4S/c1-8-10(15-7-14-8)6-12-5-9-4-11-2-3-13-9/h2-4,7,12H,5-6H2,1H3. The number of hydrogen-bond acceptors (Lipinski definition) is 5. The Balaban J connectivity index is 1.83. The van der Waals surface area contributed by atoms with E-state index >= 15 is 0 Å². The van der Waals surface area contributed by atoms with Gasteiger partial charge in [0, 0.05) is 36.6 Å². The molecule has 0 aliphatic rings. The largest absolute Gasteiger partial charge is 0.306 e. The second kappa shape index (κ2) is 4.95. The van der Waals surface area contributed by atoms with Crippen LogP contribution in [0.1, 0.15) is 16.3 Å². The molecule has 4 nitrogen and oxygen atoms in total. The molecular weight excluding hydrogens is 208 g/mol. The van der Waals surface area contributed by atoms with Gasteiger partial charge in [-0.15, -0.1) is 11.3 Å². The summed E-state index contributed by atoms with van der Waals surface area (Å²) in [6.07, 6.45) is 5.15. The van der Waals surface area contributed by atoms with Gasteiger partial charge < -0.3 is 5.32 Å². The minimum Gasteiger partial charge on any atom is -0.306 e. The number of rotatable bonds is 4. The SMILES string of the molecule is Cc1ncsc1CNCc1cnccn1. The molecular formula is C10H12N4S. The highest BCUT2D eigenvalue weighted by Gasteiger charge is 2.00. The fourth-order valence-electron chi connectivity index (χ4n) is 1.22. The minimum atomic E-state index is 0.741. The molecule has 0 saturated heterocycles. The maximum atomic E-state index is 4.19. The quantitative estimate of drug-likeness (QED) is 0.849. The fourth-order valence-corrected chi connectivity index (χ4v) is 1.97. The van der Waals surface area contributed by atoms with Crippen molar-refractivity contribution in [3.63, 3.8) is 0 Å². The smallest absolute Gasteiger partial charge is 0.0798 e. The first kappa shape index (κ1) is 10.2. The Morgan fingerprint density at radius 3 is 2.87 bits per heavy atom. The van der Waals surface area contributed by atoms with Crippen molar-refractivity contribution in [2.45, 2.75) is 20.0 Å². The molecule has 2 heterocycles. The van der Waals surface area contributed by atoms with Gasteiger partial charge in [0.25, 0.3) is 0 Å². The summed E-state index contributed by atoms with van der Waals surface area (Å²) in [5, 5.41) is 3.31. The van der Waals surface area contributed by atoms with E-state index in [0.717, 1.165) is 24.5 Å². The molecule has 0 aromatic carbocycles. The molecule has 5 heteroatoms. The Bertz CT molecular complexity index is 412. The van der Waals surface area contributed by atoms with Gasteiger partial charge in [-0.2, -0.15) is 0 Å². The lowest BCUT2D eigenvalue weighted by Crippen LogP contribution is -2.13. The molecule has 2 rings (SSSR count). The Labute approximate surface area is 92.4 Å². The molecule has 0 bridgehead atoms. The molecule has 0 saturated carbocycles. The van der Waals surface area contributed by atoms with Crippen molar-refractivity contribution in [3.05, 3.63) is 40.4 Å². The van der Waals surface area contributed by atoms with Crippen LogP contribution < -0.4 is 5.32 Å². The van der Waals surface area contributed by atoms with E-state index in [1.807, 2.05) is 12.4 Å².